The molecule has 0 amide bonds. The minimum absolute atomic E-state index is 0.347. The Morgan fingerprint density at radius 3 is 2.33 bits per heavy atom. The fraction of sp³-hybridized carbons (Fsp3) is 0.750. The van der Waals surface area contributed by atoms with Crippen molar-refractivity contribution in [2.24, 2.45) is 0 Å². The van der Waals surface area contributed by atoms with E-state index in [9.17, 15) is 0 Å². The van der Waals surface area contributed by atoms with Gasteiger partial charge in [-0.05, 0) is 12.8 Å². The Bertz CT molecular complexity index is 112. The lowest BCUT2D eigenvalue weighted by molar-refractivity contribution is 0.414. The van der Waals surface area contributed by atoms with Crippen LogP contribution in [0.25, 0.3) is 0 Å². The van der Waals surface area contributed by atoms with Gasteiger partial charge in [0.15, 0.2) is 0 Å². The van der Waals surface area contributed by atoms with E-state index in [0.29, 0.717) is 5.54 Å². The Labute approximate surface area is 57.1 Å². The molecule has 1 aliphatic rings. The summed E-state index contributed by atoms with van der Waals surface area (Å²) in [5.74, 6) is 0. The molecule has 9 heavy (non-hydrogen) atoms. The Balaban J connectivity index is 2.57. The van der Waals surface area contributed by atoms with Gasteiger partial charge in [0.1, 0.15) is 0 Å². The highest BCUT2D eigenvalue weighted by molar-refractivity contribution is 5.12. The molecule has 1 aliphatic heterocycles. The third kappa shape index (κ3) is 1.16. The number of nitrogens with one attached hydrogen (secondary N) is 1. The molecule has 1 N–H and O–H groups in total. The summed E-state index contributed by atoms with van der Waals surface area (Å²) < 4.78 is 0. The lowest BCUT2D eigenvalue weighted by Gasteiger charge is -2.24. The molecule has 0 atom stereocenters. The van der Waals surface area contributed by atoms with E-state index in [1.165, 1.54) is 12.8 Å². The molecule has 0 aliphatic carbocycles. The van der Waals surface area contributed by atoms with Crippen molar-refractivity contribution in [1.29, 1.82) is 0 Å². The molecule has 1 nitrogen and oxygen atoms in total. The van der Waals surface area contributed by atoms with Crippen molar-refractivity contribution in [3.63, 3.8) is 0 Å². The zero-order valence-electron chi connectivity index (χ0n) is 6.28. The summed E-state index contributed by atoms with van der Waals surface area (Å²) in [7, 11) is 0. The zero-order valence-corrected chi connectivity index (χ0v) is 6.28. The number of rotatable bonds is 2. The quantitative estimate of drug-likeness (QED) is 0.554. The maximum absolute atomic E-state index is 3.46. The summed E-state index contributed by atoms with van der Waals surface area (Å²) in [5.41, 5.74) is 0.347. The molecular formula is C8H15N. The van der Waals surface area contributed by atoms with Gasteiger partial charge < -0.3 is 5.32 Å². The van der Waals surface area contributed by atoms with Crippen LogP contribution in [0.3, 0.4) is 0 Å². The molecule has 1 heteroatoms. The van der Waals surface area contributed by atoms with Gasteiger partial charge in [-0.3, -0.25) is 0 Å². The molecule has 1 rings (SSSR count). The highest BCUT2D eigenvalue weighted by Crippen LogP contribution is 2.19. The van der Waals surface area contributed by atoms with Crippen LogP contribution in [0, 0.1) is 0 Å². The molecule has 0 radical (unpaired) electrons. The predicted octanol–water partition coefficient (Wildman–Crippen LogP) is 1.70. The molecule has 0 bridgehead atoms. The van der Waals surface area contributed by atoms with Crippen molar-refractivity contribution in [3.05, 3.63) is 12.2 Å². The van der Waals surface area contributed by atoms with E-state index in [-0.39, 0.29) is 0 Å². The fourth-order valence-corrected chi connectivity index (χ4v) is 1.34. The third-order valence-corrected chi connectivity index (χ3v) is 2.27. The third-order valence-electron chi connectivity index (χ3n) is 2.27. The second-order valence-electron chi connectivity index (χ2n) is 2.65. The van der Waals surface area contributed by atoms with Gasteiger partial charge in [0.05, 0.1) is 0 Å². The minimum atomic E-state index is 0.347. The minimum Gasteiger partial charge on any atom is -0.304 e. The average molecular weight is 125 g/mol. The maximum Gasteiger partial charge on any atom is 0.0362 e. The molecule has 0 spiro atoms. The van der Waals surface area contributed by atoms with Gasteiger partial charge in [0, 0.05) is 12.1 Å². The van der Waals surface area contributed by atoms with Crippen LogP contribution in [-0.4, -0.2) is 12.1 Å². The summed E-state index contributed by atoms with van der Waals surface area (Å²) in [4.78, 5) is 0. The van der Waals surface area contributed by atoms with Crippen molar-refractivity contribution in [2.75, 3.05) is 6.54 Å². The van der Waals surface area contributed by atoms with Crippen LogP contribution in [0.15, 0.2) is 12.2 Å². The molecule has 0 aromatic carbocycles. The van der Waals surface area contributed by atoms with E-state index in [4.69, 9.17) is 0 Å². The topological polar surface area (TPSA) is 12.0 Å². The van der Waals surface area contributed by atoms with E-state index < -0.39 is 0 Å². The van der Waals surface area contributed by atoms with Gasteiger partial charge >= 0.3 is 0 Å². The highest BCUT2D eigenvalue weighted by atomic mass is 15.0. The van der Waals surface area contributed by atoms with Gasteiger partial charge in [-0.1, -0.05) is 26.0 Å². The first kappa shape index (κ1) is 6.81. The van der Waals surface area contributed by atoms with Gasteiger partial charge in [-0.15, -0.1) is 0 Å². The van der Waals surface area contributed by atoms with E-state index in [2.05, 4.69) is 31.3 Å². The van der Waals surface area contributed by atoms with Gasteiger partial charge in [-0.2, -0.15) is 0 Å². The molecule has 0 fully saturated rings. The summed E-state index contributed by atoms with van der Waals surface area (Å²) >= 11 is 0. The first-order valence-corrected chi connectivity index (χ1v) is 3.76. The number of hydrogen-bond acceptors (Lipinski definition) is 1. The molecule has 0 saturated heterocycles. The number of hydrogen-bond donors (Lipinski definition) is 1. The summed E-state index contributed by atoms with van der Waals surface area (Å²) in [5, 5.41) is 3.46. The molecular weight excluding hydrogens is 110 g/mol. The fourth-order valence-electron chi connectivity index (χ4n) is 1.34. The predicted molar refractivity (Wildman–Crippen MR) is 40.5 cm³/mol. The first-order valence-electron chi connectivity index (χ1n) is 3.76. The van der Waals surface area contributed by atoms with E-state index in [1.807, 2.05) is 0 Å². The monoisotopic (exact) mass is 125 g/mol. The van der Waals surface area contributed by atoms with Crippen LogP contribution in [0.5, 0.6) is 0 Å². The van der Waals surface area contributed by atoms with Crippen molar-refractivity contribution in [2.45, 2.75) is 32.2 Å². The average Bonchev–Trinajstić information content (AvgIpc) is 2.36. The van der Waals surface area contributed by atoms with E-state index >= 15 is 0 Å². The van der Waals surface area contributed by atoms with Crippen LogP contribution in [0.1, 0.15) is 26.7 Å². The molecule has 0 saturated carbocycles. The van der Waals surface area contributed by atoms with Crippen molar-refractivity contribution >= 4 is 0 Å². The normalized spacial score (nSPS) is 22.9. The standard InChI is InChI=1S/C8H15N/c1-3-8(4-2)6-5-7-9-8/h5-6,9H,3-4,7H2,1-2H3. The SMILES string of the molecule is CCC1(CC)C=CCN1. The molecule has 1 heterocycles. The highest BCUT2D eigenvalue weighted by Gasteiger charge is 2.23. The molecule has 52 valence electrons. The Hall–Kier alpha value is -0.300. The summed E-state index contributed by atoms with van der Waals surface area (Å²) in [6.45, 7) is 5.51. The van der Waals surface area contributed by atoms with Crippen molar-refractivity contribution < 1.29 is 0 Å². The van der Waals surface area contributed by atoms with Crippen LogP contribution in [-0.2, 0) is 0 Å². The van der Waals surface area contributed by atoms with E-state index in [1.54, 1.807) is 0 Å². The van der Waals surface area contributed by atoms with Crippen LogP contribution in [0.4, 0.5) is 0 Å². The van der Waals surface area contributed by atoms with Gasteiger partial charge in [-0.25, -0.2) is 0 Å². The van der Waals surface area contributed by atoms with Crippen molar-refractivity contribution in [3.8, 4) is 0 Å². The van der Waals surface area contributed by atoms with Gasteiger partial charge in [0.25, 0.3) is 0 Å². The summed E-state index contributed by atoms with van der Waals surface area (Å²) in [6.07, 6.45) is 6.93. The largest absolute Gasteiger partial charge is 0.304 e. The lowest BCUT2D eigenvalue weighted by Crippen LogP contribution is -2.38. The van der Waals surface area contributed by atoms with Crippen LogP contribution < -0.4 is 5.32 Å². The zero-order chi connectivity index (χ0) is 6.74. The molecule has 0 unspecified atom stereocenters. The molecule has 0 aromatic rings. The maximum atomic E-state index is 3.46. The second-order valence-corrected chi connectivity index (χ2v) is 2.65. The second kappa shape index (κ2) is 2.53. The lowest BCUT2D eigenvalue weighted by atomic mass is 9.95. The Kier molecular flexibility index (Phi) is 1.91. The van der Waals surface area contributed by atoms with Gasteiger partial charge in [0.2, 0.25) is 0 Å². The Morgan fingerprint density at radius 1 is 1.44 bits per heavy atom. The summed E-state index contributed by atoms with van der Waals surface area (Å²) in [6, 6.07) is 0. The van der Waals surface area contributed by atoms with Crippen molar-refractivity contribution in [1.82, 2.24) is 5.32 Å². The van der Waals surface area contributed by atoms with Crippen LogP contribution in [0.2, 0.25) is 0 Å². The smallest absolute Gasteiger partial charge is 0.0362 e. The van der Waals surface area contributed by atoms with E-state index in [0.717, 1.165) is 6.54 Å². The Morgan fingerprint density at radius 2 is 2.11 bits per heavy atom. The van der Waals surface area contributed by atoms with Crippen LogP contribution >= 0.6 is 0 Å². The molecule has 0 aromatic heterocycles. The first-order chi connectivity index (χ1) is 4.33.